The van der Waals surface area contributed by atoms with E-state index in [1.165, 1.54) is 0 Å². The molecule has 0 heterocycles. The molecule has 0 saturated carbocycles. The maximum Gasteiger partial charge on any atom is 0.315 e. The minimum absolute atomic E-state index is 0.0560. The van der Waals surface area contributed by atoms with E-state index in [4.69, 9.17) is 5.11 Å². The van der Waals surface area contributed by atoms with Crippen molar-refractivity contribution in [3.63, 3.8) is 0 Å². The lowest BCUT2D eigenvalue weighted by Gasteiger charge is -2.08. The first-order valence-corrected chi connectivity index (χ1v) is 7.02. The van der Waals surface area contributed by atoms with Crippen LogP contribution in [0.25, 0.3) is 0 Å². The Morgan fingerprint density at radius 2 is 1.52 bits per heavy atom. The lowest BCUT2D eigenvalue weighted by Crippen LogP contribution is -2.36. The summed E-state index contributed by atoms with van der Waals surface area (Å²) in [5, 5.41) is 14.6. The van der Waals surface area contributed by atoms with Crippen molar-refractivity contribution in [1.29, 1.82) is 0 Å². The van der Waals surface area contributed by atoms with Crippen LogP contribution in [-0.4, -0.2) is 17.7 Å². The lowest BCUT2D eigenvalue weighted by molar-refractivity contribution is 0.240. The minimum Gasteiger partial charge on any atom is -0.392 e. The third-order valence-electron chi connectivity index (χ3n) is 3.20. The van der Waals surface area contributed by atoms with Crippen molar-refractivity contribution in [3.05, 3.63) is 71.3 Å². The van der Waals surface area contributed by atoms with Gasteiger partial charge in [-0.15, -0.1) is 0 Å². The van der Waals surface area contributed by atoms with Gasteiger partial charge >= 0.3 is 6.03 Å². The molecule has 0 radical (unpaired) electrons. The van der Waals surface area contributed by atoms with Crippen LogP contribution in [0, 0.1) is 0 Å². The number of aliphatic hydroxyl groups is 1. The Kier molecular flexibility index (Phi) is 5.79. The number of urea groups is 1. The van der Waals surface area contributed by atoms with Gasteiger partial charge in [0.2, 0.25) is 0 Å². The van der Waals surface area contributed by atoms with Crippen LogP contribution in [0.3, 0.4) is 0 Å². The standard InChI is InChI=1S/C17H20N2O2/c20-13-16-8-6-14(7-9-16)10-11-18-17(21)19-12-15-4-2-1-3-5-15/h1-9,20H,10-13H2,(H2,18,19,21). The molecule has 2 rings (SSSR count). The van der Waals surface area contributed by atoms with Crippen LogP contribution in [0.1, 0.15) is 16.7 Å². The van der Waals surface area contributed by atoms with Crippen LogP contribution in [0.2, 0.25) is 0 Å². The van der Waals surface area contributed by atoms with E-state index in [1.807, 2.05) is 54.6 Å². The van der Waals surface area contributed by atoms with E-state index in [9.17, 15) is 4.79 Å². The van der Waals surface area contributed by atoms with Gasteiger partial charge in [-0.1, -0.05) is 54.6 Å². The van der Waals surface area contributed by atoms with Gasteiger partial charge < -0.3 is 15.7 Å². The first kappa shape index (κ1) is 15.1. The maximum atomic E-state index is 11.7. The maximum absolute atomic E-state index is 11.7. The molecule has 0 aliphatic rings. The number of nitrogens with one attached hydrogen (secondary N) is 2. The van der Waals surface area contributed by atoms with Crippen LogP contribution in [0.15, 0.2) is 54.6 Å². The lowest BCUT2D eigenvalue weighted by atomic mass is 10.1. The summed E-state index contributed by atoms with van der Waals surface area (Å²) < 4.78 is 0. The van der Waals surface area contributed by atoms with E-state index < -0.39 is 0 Å². The molecular formula is C17H20N2O2. The number of benzene rings is 2. The Balaban J connectivity index is 1.66. The Morgan fingerprint density at radius 3 is 2.19 bits per heavy atom. The second-order valence-electron chi connectivity index (χ2n) is 4.82. The Hall–Kier alpha value is -2.33. The molecule has 21 heavy (non-hydrogen) atoms. The van der Waals surface area contributed by atoms with Crippen LogP contribution >= 0.6 is 0 Å². The third-order valence-corrected chi connectivity index (χ3v) is 3.20. The fourth-order valence-corrected chi connectivity index (χ4v) is 1.97. The highest BCUT2D eigenvalue weighted by atomic mass is 16.3. The zero-order valence-corrected chi connectivity index (χ0v) is 11.9. The number of carbonyl (C=O) groups is 1. The van der Waals surface area contributed by atoms with Gasteiger partial charge in [-0.05, 0) is 23.1 Å². The van der Waals surface area contributed by atoms with E-state index >= 15 is 0 Å². The molecular weight excluding hydrogens is 264 g/mol. The second-order valence-corrected chi connectivity index (χ2v) is 4.82. The van der Waals surface area contributed by atoms with E-state index in [-0.39, 0.29) is 12.6 Å². The van der Waals surface area contributed by atoms with Gasteiger partial charge in [0.25, 0.3) is 0 Å². The number of carbonyl (C=O) groups excluding carboxylic acids is 1. The average Bonchev–Trinajstić information content (AvgIpc) is 2.54. The molecule has 4 nitrogen and oxygen atoms in total. The molecule has 3 N–H and O–H groups in total. The number of aliphatic hydroxyl groups excluding tert-OH is 1. The van der Waals surface area contributed by atoms with Gasteiger partial charge in [0, 0.05) is 13.1 Å². The quantitative estimate of drug-likeness (QED) is 0.761. The Bertz CT molecular complexity index is 553. The highest BCUT2D eigenvalue weighted by Crippen LogP contribution is 2.04. The highest BCUT2D eigenvalue weighted by molar-refractivity contribution is 5.73. The number of amides is 2. The molecule has 4 heteroatoms. The minimum atomic E-state index is -0.161. The largest absolute Gasteiger partial charge is 0.392 e. The first-order valence-electron chi connectivity index (χ1n) is 7.02. The van der Waals surface area contributed by atoms with Crippen molar-refractivity contribution < 1.29 is 9.90 Å². The molecule has 0 unspecified atom stereocenters. The van der Waals surface area contributed by atoms with Gasteiger partial charge in [0.15, 0.2) is 0 Å². The third kappa shape index (κ3) is 5.28. The van der Waals surface area contributed by atoms with E-state index in [0.717, 1.165) is 23.1 Å². The van der Waals surface area contributed by atoms with Crippen LogP contribution in [0.4, 0.5) is 4.79 Å². The molecule has 2 amide bonds. The second kappa shape index (κ2) is 8.07. The number of hydrogen-bond donors (Lipinski definition) is 3. The molecule has 2 aromatic rings. The summed E-state index contributed by atoms with van der Waals surface area (Å²) in [7, 11) is 0. The van der Waals surface area contributed by atoms with Gasteiger partial charge in [0.1, 0.15) is 0 Å². The normalized spacial score (nSPS) is 10.1. The zero-order chi connectivity index (χ0) is 14.9. The molecule has 0 atom stereocenters. The van der Waals surface area contributed by atoms with Crippen molar-refractivity contribution in [2.24, 2.45) is 0 Å². The van der Waals surface area contributed by atoms with Crippen molar-refractivity contribution in [2.75, 3.05) is 6.54 Å². The number of hydrogen-bond acceptors (Lipinski definition) is 2. The van der Waals surface area contributed by atoms with Gasteiger partial charge in [-0.2, -0.15) is 0 Å². The van der Waals surface area contributed by atoms with Crippen molar-refractivity contribution in [3.8, 4) is 0 Å². The predicted octanol–water partition coefficient (Wildman–Crippen LogP) is 2.22. The average molecular weight is 284 g/mol. The summed E-state index contributed by atoms with van der Waals surface area (Å²) in [6.07, 6.45) is 0.768. The van der Waals surface area contributed by atoms with Crippen LogP contribution in [0.5, 0.6) is 0 Å². The molecule has 0 aliphatic carbocycles. The Morgan fingerprint density at radius 1 is 0.857 bits per heavy atom. The summed E-state index contributed by atoms with van der Waals surface area (Å²) in [5.74, 6) is 0. The molecule has 110 valence electrons. The van der Waals surface area contributed by atoms with E-state index in [2.05, 4.69) is 10.6 Å². The van der Waals surface area contributed by atoms with Crippen molar-refractivity contribution >= 4 is 6.03 Å². The summed E-state index contributed by atoms with van der Waals surface area (Å²) >= 11 is 0. The summed E-state index contributed by atoms with van der Waals surface area (Å²) in [6, 6.07) is 17.4. The molecule has 2 aromatic carbocycles. The predicted molar refractivity (Wildman–Crippen MR) is 82.7 cm³/mol. The van der Waals surface area contributed by atoms with Crippen LogP contribution < -0.4 is 10.6 Å². The fraction of sp³-hybridized carbons (Fsp3) is 0.235. The molecule has 0 aromatic heterocycles. The Labute approximate surface area is 124 Å². The molecule has 0 fully saturated rings. The highest BCUT2D eigenvalue weighted by Gasteiger charge is 2.00. The first-order chi connectivity index (χ1) is 10.3. The summed E-state index contributed by atoms with van der Waals surface area (Å²) in [4.78, 5) is 11.7. The smallest absolute Gasteiger partial charge is 0.315 e. The molecule has 0 saturated heterocycles. The van der Waals surface area contributed by atoms with E-state index in [1.54, 1.807) is 0 Å². The number of rotatable bonds is 6. The van der Waals surface area contributed by atoms with Gasteiger partial charge in [0.05, 0.1) is 6.61 Å². The van der Waals surface area contributed by atoms with Crippen molar-refractivity contribution in [1.82, 2.24) is 10.6 Å². The topological polar surface area (TPSA) is 61.4 Å². The summed E-state index contributed by atoms with van der Waals surface area (Å²) in [6.45, 7) is 1.16. The molecule has 0 aliphatic heterocycles. The SMILES string of the molecule is O=C(NCCc1ccc(CO)cc1)NCc1ccccc1. The van der Waals surface area contributed by atoms with Gasteiger partial charge in [-0.3, -0.25) is 0 Å². The molecule has 0 spiro atoms. The van der Waals surface area contributed by atoms with Crippen molar-refractivity contribution in [2.45, 2.75) is 19.6 Å². The fourth-order valence-electron chi connectivity index (χ4n) is 1.97. The molecule has 0 bridgehead atoms. The monoisotopic (exact) mass is 284 g/mol. The summed E-state index contributed by atoms with van der Waals surface area (Å²) in [5.41, 5.74) is 3.11. The van der Waals surface area contributed by atoms with E-state index in [0.29, 0.717) is 13.1 Å². The van der Waals surface area contributed by atoms with Gasteiger partial charge in [-0.25, -0.2) is 4.79 Å². The zero-order valence-electron chi connectivity index (χ0n) is 11.9. The van der Waals surface area contributed by atoms with Crippen LogP contribution in [-0.2, 0) is 19.6 Å².